The second-order valence-electron chi connectivity index (χ2n) is 15.4. The van der Waals surface area contributed by atoms with Gasteiger partial charge in [-0.2, -0.15) is 5.26 Å². The number of rotatable bonds is 10. The van der Waals surface area contributed by atoms with Gasteiger partial charge in [0.25, 0.3) is 11.8 Å². The highest BCUT2D eigenvalue weighted by Gasteiger charge is 2.46. The summed E-state index contributed by atoms with van der Waals surface area (Å²) in [4.78, 5) is 56.3. The van der Waals surface area contributed by atoms with Crippen LogP contribution in [0.3, 0.4) is 0 Å². The maximum absolute atomic E-state index is 13.4. The highest BCUT2D eigenvalue weighted by atomic mass is 16.5. The van der Waals surface area contributed by atoms with E-state index >= 15 is 0 Å². The van der Waals surface area contributed by atoms with Crippen LogP contribution >= 0.6 is 0 Å². The summed E-state index contributed by atoms with van der Waals surface area (Å²) < 4.78 is 12.2. The van der Waals surface area contributed by atoms with Crippen LogP contribution in [0.2, 0.25) is 0 Å². The Morgan fingerprint density at radius 1 is 0.964 bits per heavy atom. The lowest BCUT2D eigenvalue weighted by Crippen LogP contribution is -2.54. The molecule has 4 aliphatic rings. The average Bonchev–Trinajstić information content (AvgIpc) is 3.86. The molecule has 55 heavy (non-hydrogen) atoms. The van der Waals surface area contributed by atoms with E-state index in [4.69, 9.17) is 9.26 Å². The van der Waals surface area contributed by atoms with Crippen molar-refractivity contribution in [1.82, 2.24) is 15.4 Å². The summed E-state index contributed by atoms with van der Waals surface area (Å²) in [6.07, 6.45) is 3.44. The minimum absolute atomic E-state index is 0.0243. The molecule has 0 spiro atoms. The SMILES string of the molecule is Cc1ccc(-c2c(C)noc2C)cc1N(CC(C)OC1CCN(c2ccc3c(c2)C(=O)N(C2CCC(=O)NC2=O)C3=O)CC1)c1ccc(C2(C#N)CC2)cc1. The first-order valence-electron chi connectivity index (χ1n) is 19.1. The van der Waals surface area contributed by atoms with Gasteiger partial charge >= 0.3 is 0 Å². The molecular weight excluding hydrogens is 697 g/mol. The van der Waals surface area contributed by atoms with E-state index in [9.17, 15) is 24.4 Å². The van der Waals surface area contributed by atoms with E-state index in [1.807, 2.05) is 19.9 Å². The van der Waals surface area contributed by atoms with Gasteiger partial charge in [-0.05, 0) is 113 Å². The predicted molar refractivity (Wildman–Crippen MR) is 205 cm³/mol. The van der Waals surface area contributed by atoms with Gasteiger partial charge in [0.2, 0.25) is 11.8 Å². The highest BCUT2D eigenvalue weighted by Crippen LogP contribution is 2.48. The Balaban J connectivity index is 0.962. The number of anilines is 3. The molecule has 282 valence electrons. The topological polar surface area (TPSA) is 149 Å². The lowest BCUT2D eigenvalue weighted by Gasteiger charge is -2.36. The molecule has 1 aromatic heterocycles. The van der Waals surface area contributed by atoms with Crippen LogP contribution in [0, 0.1) is 32.1 Å². The minimum Gasteiger partial charge on any atom is -0.373 e. The third-order valence-electron chi connectivity index (χ3n) is 11.6. The number of nitrogens with zero attached hydrogens (tertiary/aromatic N) is 5. The maximum Gasteiger partial charge on any atom is 0.262 e. The Hall–Kier alpha value is -5.80. The summed E-state index contributed by atoms with van der Waals surface area (Å²) in [5, 5.41) is 16.2. The Morgan fingerprint density at radius 2 is 1.69 bits per heavy atom. The molecule has 12 heteroatoms. The van der Waals surface area contributed by atoms with E-state index < -0.39 is 29.7 Å². The summed E-state index contributed by atoms with van der Waals surface area (Å²) in [7, 11) is 0. The van der Waals surface area contributed by atoms with Gasteiger partial charge in [0.1, 0.15) is 11.8 Å². The van der Waals surface area contributed by atoms with Gasteiger partial charge in [-0.1, -0.05) is 29.4 Å². The van der Waals surface area contributed by atoms with Crippen molar-refractivity contribution < 1.29 is 28.4 Å². The van der Waals surface area contributed by atoms with Gasteiger partial charge in [0.15, 0.2) is 0 Å². The van der Waals surface area contributed by atoms with Gasteiger partial charge in [-0.3, -0.25) is 29.4 Å². The zero-order valence-electron chi connectivity index (χ0n) is 31.6. The molecule has 2 unspecified atom stereocenters. The first-order valence-corrected chi connectivity index (χ1v) is 19.1. The number of amides is 4. The fourth-order valence-corrected chi connectivity index (χ4v) is 8.38. The Labute approximate surface area is 320 Å². The molecule has 2 saturated heterocycles. The minimum atomic E-state index is -0.993. The number of fused-ring (bicyclic) bond motifs is 1. The second kappa shape index (κ2) is 14.1. The number of aromatic nitrogens is 1. The van der Waals surface area contributed by atoms with Crippen LogP contribution in [-0.2, 0) is 19.7 Å². The number of carbonyl (C=O) groups is 4. The number of nitriles is 1. The van der Waals surface area contributed by atoms with Crippen molar-refractivity contribution in [1.29, 1.82) is 5.26 Å². The summed E-state index contributed by atoms with van der Waals surface area (Å²) in [5.41, 5.74) is 8.13. The molecule has 3 aromatic carbocycles. The second-order valence-corrected chi connectivity index (χ2v) is 15.4. The number of ether oxygens (including phenoxy) is 1. The van der Waals surface area contributed by atoms with Crippen molar-refractivity contribution >= 4 is 40.7 Å². The van der Waals surface area contributed by atoms with Crippen LogP contribution in [0.5, 0.6) is 0 Å². The van der Waals surface area contributed by atoms with Crippen molar-refractivity contribution in [3.63, 3.8) is 0 Å². The first kappa shape index (κ1) is 36.2. The molecule has 4 heterocycles. The number of aryl methyl sites for hydroxylation is 3. The van der Waals surface area contributed by atoms with Gasteiger partial charge in [-0.25, -0.2) is 0 Å². The fourth-order valence-electron chi connectivity index (χ4n) is 8.38. The van der Waals surface area contributed by atoms with E-state index in [0.717, 1.165) is 81.4 Å². The Morgan fingerprint density at radius 3 is 2.35 bits per heavy atom. The molecule has 1 aliphatic carbocycles. The quantitative estimate of drug-likeness (QED) is 0.180. The van der Waals surface area contributed by atoms with E-state index in [2.05, 4.69) is 82.7 Å². The highest BCUT2D eigenvalue weighted by molar-refractivity contribution is 6.23. The van der Waals surface area contributed by atoms with Gasteiger partial charge < -0.3 is 19.1 Å². The summed E-state index contributed by atoms with van der Waals surface area (Å²) >= 11 is 0. The van der Waals surface area contributed by atoms with Crippen LogP contribution in [-0.4, -0.2) is 71.6 Å². The molecule has 4 aromatic rings. The summed E-state index contributed by atoms with van der Waals surface area (Å²) in [6.45, 7) is 10.1. The zero-order chi connectivity index (χ0) is 38.6. The molecule has 12 nitrogen and oxygen atoms in total. The molecule has 0 bridgehead atoms. The Kier molecular flexibility index (Phi) is 9.29. The third-order valence-corrected chi connectivity index (χ3v) is 11.6. The van der Waals surface area contributed by atoms with E-state index in [1.54, 1.807) is 12.1 Å². The number of hydrogen-bond donors (Lipinski definition) is 1. The molecule has 3 aliphatic heterocycles. The number of hydrogen-bond acceptors (Lipinski definition) is 10. The fraction of sp³-hybridized carbons (Fsp3) is 0.395. The third kappa shape index (κ3) is 6.67. The van der Waals surface area contributed by atoms with E-state index in [0.29, 0.717) is 19.6 Å². The van der Waals surface area contributed by atoms with Crippen molar-refractivity contribution in [2.45, 2.75) is 89.9 Å². The Bertz CT molecular complexity index is 2220. The van der Waals surface area contributed by atoms with E-state index in [1.165, 1.54) is 0 Å². The molecule has 1 saturated carbocycles. The zero-order valence-corrected chi connectivity index (χ0v) is 31.6. The number of piperidine rings is 2. The molecule has 0 radical (unpaired) electrons. The van der Waals surface area contributed by atoms with Crippen molar-refractivity contribution in [2.75, 3.05) is 29.4 Å². The van der Waals surface area contributed by atoms with Crippen LogP contribution in [0.25, 0.3) is 11.1 Å². The largest absolute Gasteiger partial charge is 0.373 e. The molecule has 4 amide bonds. The van der Waals surface area contributed by atoms with Gasteiger partial charge in [-0.15, -0.1) is 0 Å². The van der Waals surface area contributed by atoms with Crippen LogP contribution in [0.1, 0.15) is 88.7 Å². The maximum atomic E-state index is 13.4. The van der Waals surface area contributed by atoms with Crippen molar-refractivity contribution in [2.24, 2.45) is 0 Å². The number of imide groups is 2. The molecule has 8 rings (SSSR count). The average molecular weight is 741 g/mol. The number of nitrogens with one attached hydrogen (secondary N) is 1. The van der Waals surface area contributed by atoms with Crippen LogP contribution < -0.4 is 15.1 Å². The number of carbonyl (C=O) groups excluding carboxylic acids is 4. The summed E-state index contributed by atoms with van der Waals surface area (Å²) in [5.74, 6) is -1.26. The van der Waals surface area contributed by atoms with Gasteiger partial charge in [0, 0.05) is 48.7 Å². The molecule has 3 fully saturated rings. The summed E-state index contributed by atoms with van der Waals surface area (Å²) in [6, 6.07) is 21.6. The van der Waals surface area contributed by atoms with Crippen molar-refractivity contribution in [3.8, 4) is 17.2 Å². The first-order chi connectivity index (χ1) is 26.5. The van der Waals surface area contributed by atoms with Crippen LogP contribution in [0.4, 0.5) is 17.1 Å². The normalized spacial score (nSPS) is 19.9. The predicted octanol–water partition coefficient (Wildman–Crippen LogP) is 6.44. The standard InChI is InChI=1S/C43H44N6O6/c1-25-5-6-29(39-27(3)46-55-28(39)4)21-37(25)48(31-9-7-30(8-10-31)43(24-44)17-18-43)23-26(2)54-33-15-19-47(20-16-33)32-11-12-34-35(22-32)42(53)49(41(34)52)36-13-14-38(50)45-40(36)51/h5-12,21-22,26,33,36H,13-20,23H2,1-4H3,(H,45,50,51). The molecular formula is C43H44N6O6. The smallest absolute Gasteiger partial charge is 0.262 e. The van der Waals surface area contributed by atoms with E-state index in [-0.39, 0.29) is 41.6 Å². The molecule has 2 atom stereocenters. The monoisotopic (exact) mass is 740 g/mol. The lowest BCUT2D eigenvalue weighted by atomic mass is 9.97. The van der Waals surface area contributed by atoms with Crippen molar-refractivity contribution in [3.05, 3.63) is 94.4 Å². The lowest BCUT2D eigenvalue weighted by molar-refractivity contribution is -0.136. The number of benzene rings is 3. The molecule has 1 N–H and O–H groups in total. The van der Waals surface area contributed by atoms with Crippen LogP contribution in [0.15, 0.2) is 65.2 Å². The van der Waals surface area contributed by atoms with Gasteiger partial charge in [0.05, 0.1) is 40.5 Å².